The lowest BCUT2D eigenvalue weighted by Crippen LogP contribution is -2.42. The summed E-state index contributed by atoms with van der Waals surface area (Å²) in [4.78, 5) is 4.02. The minimum absolute atomic E-state index is 0.131. The van der Waals surface area contributed by atoms with Gasteiger partial charge < -0.3 is 0 Å². The van der Waals surface area contributed by atoms with Crippen molar-refractivity contribution in [2.45, 2.75) is 42.0 Å². The molecule has 1 aromatic rings. The molecule has 0 aromatic carbocycles. The molecule has 0 saturated heterocycles. The molecule has 2 rings (SSSR count). The summed E-state index contributed by atoms with van der Waals surface area (Å²) in [5.74, 6) is 0. The molecule has 100 valence electrons. The first-order valence-corrected chi connectivity index (χ1v) is 8.47. The maximum Gasteiger partial charge on any atom is 0.242 e. The Morgan fingerprint density at radius 3 is 2.72 bits per heavy atom. The van der Waals surface area contributed by atoms with Gasteiger partial charge in [-0.15, -0.1) is 11.6 Å². The molecule has 7 heteroatoms. The number of hydrogen-bond acceptors (Lipinski definition) is 3. The van der Waals surface area contributed by atoms with Crippen LogP contribution in [-0.4, -0.2) is 24.8 Å². The van der Waals surface area contributed by atoms with Crippen LogP contribution in [0.4, 0.5) is 0 Å². The van der Waals surface area contributed by atoms with Gasteiger partial charge in [-0.1, -0.05) is 12.8 Å². The Morgan fingerprint density at radius 2 is 2.06 bits per heavy atom. The van der Waals surface area contributed by atoms with Crippen LogP contribution in [0.3, 0.4) is 0 Å². The Balaban J connectivity index is 2.16. The first kappa shape index (κ1) is 14.2. The van der Waals surface area contributed by atoms with E-state index in [-0.39, 0.29) is 16.3 Å². The van der Waals surface area contributed by atoms with Gasteiger partial charge in [0.25, 0.3) is 0 Å². The van der Waals surface area contributed by atoms with Gasteiger partial charge in [-0.2, -0.15) is 0 Å². The van der Waals surface area contributed by atoms with E-state index in [1.807, 2.05) is 0 Å². The number of pyridine rings is 1. The van der Waals surface area contributed by atoms with Gasteiger partial charge in [-0.3, -0.25) is 4.98 Å². The Morgan fingerprint density at radius 1 is 1.33 bits per heavy atom. The summed E-state index contributed by atoms with van der Waals surface area (Å²) >= 11 is 9.37. The molecule has 1 aliphatic rings. The summed E-state index contributed by atoms with van der Waals surface area (Å²) in [5, 5.41) is -0.131. The van der Waals surface area contributed by atoms with Gasteiger partial charge in [0, 0.05) is 28.3 Å². The Labute approximate surface area is 120 Å². The molecular formula is C11H14BrClN2O2S. The lowest BCUT2D eigenvalue weighted by atomic mass is 9.96. The molecule has 18 heavy (non-hydrogen) atoms. The van der Waals surface area contributed by atoms with Crippen LogP contribution in [-0.2, 0) is 10.0 Å². The average molecular weight is 354 g/mol. The van der Waals surface area contributed by atoms with Crippen LogP contribution >= 0.6 is 27.5 Å². The molecule has 1 saturated carbocycles. The van der Waals surface area contributed by atoms with Crippen molar-refractivity contribution in [2.75, 3.05) is 0 Å². The fourth-order valence-electron chi connectivity index (χ4n) is 2.03. The predicted octanol–water partition coefficient (Wildman–Crippen LogP) is 2.67. The lowest BCUT2D eigenvalue weighted by molar-refractivity contribution is 0.418. The van der Waals surface area contributed by atoms with Crippen molar-refractivity contribution in [1.82, 2.24) is 9.71 Å². The predicted molar refractivity (Wildman–Crippen MR) is 74.2 cm³/mol. The highest BCUT2D eigenvalue weighted by Crippen LogP contribution is 2.25. The number of sulfonamides is 1. The molecule has 0 spiro atoms. The van der Waals surface area contributed by atoms with Gasteiger partial charge in [-0.05, 0) is 34.8 Å². The number of nitrogens with zero attached hydrogens (tertiary/aromatic N) is 1. The highest BCUT2D eigenvalue weighted by molar-refractivity contribution is 9.10. The number of nitrogens with one attached hydrogen (secondary N) is 1. The summed E-state index contributed by atoms with van der Waals surface area (Å²) in [5.41, 5.74) is 0. The van der Waals surface area contributed by atoms with Gasteiger partial charge in [0.15, 0.2) is 0 Å². The maximum atomic E-state index is 12.2. The van der Waals surface area contributed by atoms with Crippen molar-refractivity contribution in [1.29, 1.82) is 0 Å². The van der Waals surface area contributed by atoms with E-state index in [9.17, 15) is 8.42 Å². The second-order valence-electron chi connectivity index (χ2n) is 4.37. The molecule has 0 radical (unpaired) electrons. The quantitative estimate of drug-likeness (QED) is 0.850. The minimum Gasteiger partial charge on any atom is -0.262 e. The highest BCUT2D eigenvalue weighted by Gasteiger charge is 2.28. The normalized spacial score (nSPS) is 25.0. The van der Waals surface area contributed by atoms with Crippen molar-refractivity contribution in [2.24, 2.45) is 0 Å². The number of halogens is 2. The summed E-state index contributed by atoms with van der Waals surface area (Å²) < 4.78 is 27.6. The third-order valence-electron chi connectivity index (χ3n) is 2.98. The number of aromatic nitrogens is 1. The van der Waals surface area contributed by atoms with E-state index in [1.165, 1.54) is 12.3 Å². The monoisotopic (exact) mass is 352 g/mol. The van der Waals surface area contributed by atoms with Gasteiger partial charge in [0.2, 0.25) is 10.0 Å². The van der Waals surface area contributed by atoms with Crippen LogP contribution in [0.25, 0.3) is 0 Å². The van der Waals surface area contributed by atoms with Crippen molar-refractivity contribution in [3.8, 4) is 0 Å². The summed E-state index contributed by atoms with van der Waals surface area (Å²) in [7, 11) is -3.54. The number of hydrogen-bond donors (Lipinski definition) is 1. The average Bonchev–Trinajstić information content (AvgIpc) is 2.32. The van der Waals surface area contributed by atoms with E-state index >= 15 is 0 Å². The molecule has 1 aromatic heterocycles. The molecule has 2 unspecified atom stereocenters. The van der Waals surface area contributed by atoms with E-state index in [1.54, 1.807) is 6.20 Å². The van der Waals surface area contributed by atoms with E-state index in [4.69, 9.17) is 11.6 Å². The Kier molecular flexibility index (Phi) is 4.64. The van der Waals surface area contributed by atoms with Crippen LogP contribution in [0.5, 0.6) is 0 Å². The molecule has 0 bridgehead atoms. The molecular weight excluding hydrogens is 340 g/mol. The molecule has 0 aliphatic heterocycles. The van der Waals surface area contributed by atoms with Crippen LogP contribution in [0, 0.1) is 0 Å². The van der Waals surface area contributed by atoms with Gasteiger partial charge in [-0.25, -0.2) is 13.1 Å². The Hall–Kier alpha value is -0.170. The Bertz CT molecular complexity index is 524. The zero-order valence-corrected chi connectivity index (χ0v) is 12.8. The van der Waals surface area contributed by atoms with Crippen LogP contribution in [0.2, 0.25) is 0 Å². The summed E-state index contributed by atoms with van der Waals surface area (Å²) in [6, 6.07) is 1.34. The summed E-state index contributed by atoms with van der Waals surface area (Å²) in [6.45, 7) is 0. The van der Waals surface area contributed by atoms with E-state index in [0.29, 0.717) is 4.47 Å². The van der Waals surface area contributed by atoms with Crippen LogP contribution in [0.15, 0.2) is 27.8 Å². The topological polar surface area (TPSA) is 59.1 Å². The largest absolute Gasteiger partial charge is 0.262 e. The van der Waals surface area contributed by atoms with Crippen molar-refractivity contribution in [3.05, 3.63) is 22.9 Å². The zero-order chi connectivity index (χ0) is 13.2. The smallest absolute Gasteiger partial charge is 0.242 e. The van der Waals surface area contributed by atoms with E-state index in [2.05, 4.69) is 25.6 Å². The molecule has 1 heterocycles. The minimum atomic E-state index is -3.54. The van der Waals surface area contributed by atoms with Gasteiger partial charge in [0.05, 0.1) is 0 Å². The fourth-order valence-corrected chi connectivity index (χ4v) is 4.26. The third kappa shape index (κ3) is 3.44. The molecule has 1 aliphatic carbocycles. The van der Waals surface area contributed by atoms with Gasteiger partial charge in [0.1, 0.15) is 4.90 Å². The standard InChI is InChI=1S/C11H14BrClN2O2S/c12-8-5-9(7-14-6-8)18(16,17)15-11-4-2-1-3-10(11)13/h5-7,10-11,15H,1-4H2. The van der Waals surface area contributed by atoms with Crippen molar-refractivity contribution < 1.29 is 8.42 Å². The highest BCUT2D eigenvalue weighted by atomic mass is 79.9. The fraction of sp³-hybridized carbons (Fsp3) is 0.545. The third-order valence-corrected chi connectivity index (χ3v) is 5.39. The molecule has 2 atom stereocenters. The van der Waals surface area contributed by atoms with E-state index < -0.39 is 10.0 Å². The number of rotatable bonds is 3. The SMILES string of the molecule is O=S(=O)(NC1CCCCC1Cl)c1cncc(Br)c1. The number of alkyl halides is 1. The second kappa shape index (κ2) is 5.86. The first-order chi connectivity index (χ1) is 8.49. The molecule has 0 amide bonds. The van der Waals surface area contributed by atoms with Crippen molar-refractivity contribution in [3.63, 3.8) is 0 Å². The van der Waals surface area contributed by atoms with Crippen molar-refractivity contribution >= 4 is 37.6 Å². The zero-order valence-electron chi connectivity index (χ0n) is 9.64. The van der Waals surface area contributed by atoms with Gasteiger partial charge >= 0.3 is 0 Å². The first-order valence-electron chi connectivity index (χ1n) is 5.76. The molecule has 1 N–H and O–H groups in total. The van der Waals surface area contributed by atoms with Crippen LogP contribution in [0.1, 0.15) is 25.7 Å². The maximum absolute atomic E-state index is 12.2. The molecule has 1 fully saturated rings. The van der Waals surface area contributed by atoms with Crippen LogP contribution < -0.4 is 4.72 Å². The molecule has 4 nitrogen and oxygen atoms in total. The summed E-state index contributed by atoms with van der Waals surface area (Å²) in [6.07, 6.45) is 6.58. The second-order valence-corrected chi connectivity index (χ2v) is 7.56. The lowest BCUT2D eigenvalue weighted by Gasteiger charge is -2.27. The van der Waals surface area contributed by atoms with E-state index in [0.717, 1.165) is 25.7 Å².